The van der Waals surface area contributed by atoms with Crippen LogP contribution in [-0.4, -0.2) is 26.2 Å². The van der Waals surface area contributed by atoms with Crippen LogP contribution in [0.2, 0.25) is 0 Å². The Morgan fingerprint density at radius 1 is 1.32 bits per heavy atom. The topological polar surface area (TPSA) is 38.3 Å². The molecule has 1 aromatic rings. The van der Waals surface area contributed by atoms with E-state index in [0.717, 1.165) is 37.9 Å². The number of esters is 1. The molecule has 1 saturated heterocycles. The first-order valence-corrected chi connectivity index (χ1v) is 6.84. The lowest BCUT2D eigenvalue weighted by Gasteiger charge is -2.34. The van der Waals surface area contributed by atoms with Crippen molar-refractivity contribution in [1.82, 2.24) is 5.32 Å². The van der Waals surface area contributed by atoms with Gasteiger partial charge in [0.05, 0.1) is 7.11 Å². The lowest BCUT2D eigenvalue weighted by atomic mass is 9.74. The molecule has 0 radical (unpaired) electrons. The number of rotatable bonds is 1. The molecule has 2 aliphatic rings. The molecule has 19 heavy (non-hydrogen) atoms. The highest BCUT2D eigenvalue weighted by Gasteiger charge is 2.41. The van der Waals surface area contributed by atoms with Crippen LogP contribution in [-0.2, 0) is 14.9 Å². The number of benzene rings is 1. The van der Waals surface area contributed by atoms with E-state index in [9.17, 15) is 4.79 Å². The van der Waals surface area contributed by atoms with Crippen molar-refractivity contribution in [3.05, 3.63) is 41.5 Å². The number of ether oxygens (including phenoxy) is 1. The highest BCUT2D eigenvalue weighted by atomic mass is 16.5. The average molecular weight is 257 g/mol. The maximum atomic E-state index is 11.5. The maximum absolute atomic E-state index is 11.5. The van der Waals surface area contributed by atoms with Gasteiger partial charge in [0.25, 0.3) is 0 Å². The first kappa shape index (κ1) is 12.4. The first-order chi connectivity index (χ1) is 9.25. The van der Waals surface area contributed by atoms with Crippen molar-refractivity contribution < 1.29 is 9.53 Å². The van der Waals surface area contributed by atoms with Crippen LogP contribution < -0.4 is 5.32 Å². The quantitative estimate of drug-likeness (QED) is 0.619. The summed E-state index contributed by atoms with van der Waals surface area (Å²) >= 11 is 0. The largest absolute Gasteiger partial charge is 0.466 e. The number of hydrogen-bond donors (Lipinski definition) is 1. The van der Waals surface area contributed by atoms with Crippen molar-refractivity contribution >= 4 is 11.5 Å². The number of fused-ring (bicyclic) bond motifs is 2. The van der Waals surface area contributed by atoms with Crippen molar-refractivity contribution in [2.75, 3.05) is 20.2 Å². The second-order valence-electron chi connectivity index (χ2n) is 5.45. The summed E-state index contributed by atoms with van der Waals surface area (Å²) in [6.45, 7) is 2.11. The van der Waals surface area contributed by atoms with Gasteiger partial charge in [0.15, 0.2) is 0 Å². The van der Waals surface area contributed by atoms with Crippen LogP contribution in [0.3, 0.4) is 0 Å². The lowest BCUT2D eigenvalue weighted by Crippen LogP contribution is -2.38. The summed E-state index contributed by atoms with van der Waals surface area (Å²) in [5.74, 6) is -0.254. The van der Waals surface area contributed by atoms with Gasteiger partial charge in [-0.25, -0.2) is 4.79 Å². The van der Waals surface area contributed by atoms with E-state index in [-0.39, 0.29) is 11.4 Å². The zero-order valence-corrected chi connectivity index (χ0v) is 11.2. The van der Waals surface area contributed by atoms with Crippen molar-refractivity contribution in [1.29, 1.82) is 0 Å². The Kier molecular flexibility index (Phi) is 3.15. The van der Waals surface area contributed by atoms with Gasteiger partial charge in [0, 0.05) is 11.5 Å². The number of methoxy groups -OCH3 is 1. The monoisotopic (exact) mass is 257 g/mol. The fourth-order valence-corrected chi connectivity index (χ4v) is 3.46. The molecule has 100 valence electrons. The van der Waals surface area contributed by atoms with Crippen molar-refractivity contribution in [2.24, 2.45) is 0 Å². The zero-order chi connectivity index (χ0) is 13.3. The third kappa shape index (κ3) is 2.08. The van der Waals surface area contributed by atoms with Crippen LogP contribution in [0.15, 0.2) is 30.3 Å². The molecular formula is C16H19NO2. The molecule has 1 aliphatic heterocycles. The van der Waals surface area contributed by atoms with Crippen LogP contribution in [0, 0.1) is 0 Å². The first-order valence-electron chi connectivity index (χ1n) is 6.84. The number of allylic oxidation sites excluding steroid dienone is 1. The van der Waals surface area contributed by atoms with Gasteiger partial charge >= 0.3 is 5.97 Å². The Labute approximate surface area is 113 Å². The molecule has 0 atom stereocenters. The van der Waals surface area contributed by atoms with Gasteiger partial charge in [-0.1, -0.05) is 24.3 Å². The normalized spacial score (nSPS) is 22.5. The molecular weight excluding hydrogens is 238 g/mol. The minimum Gasteiger partial charge on any atom is -0.466 e. The summed E-state index contributed by atoms with van der Waals surface area (Å²) < 4.78 is 4.78. The Hall–Kier alpha value is -1.61. The van der Waals surface area contributed by atoms with Crippen LogP contribution in [0.5, 0.6) is 0 Å². The Morgan fingerprint density at radius 2 is 2.05 bits per heavy atom. The van der Waals surface area contributed by atoms with Crippen molar-refractivity contribution in [2.45, 2.75) is 24.7 Å². The van der Waals surface area contributed by atoms with E-state index in [0.29, 0.717) is 0 Å². The summed E-state index contributed by atoms with van der Waals surface area (Å²) in [7, 11) is 1.43. The molecule has 0 saturated carbocycles. The molecule has 0 aromatic heterocycles. The van der Waals surface area contributed by atoms with E-state index in [1.165, 1.54) is 18.2 Å². The zero-order valence-electron chi connectivity index (χ0n) is 11.2. The second kappa shape index (κ2) is 4.82. The predicted molar refractivity (Wildman–Crippen MR) is 74.8 cm³/mol. The molecule has 1 fully saturated rings. The summed E-state index contributed by atoms with van der Waals surface area (Å²) in [6.07, 6.45) is 4.91. The molecule has 1 spiro atoms. The molecule has 1 heterocycles. The van der Waals surface area contributed by atoms with Crippen LogP contribution in [0.25, 0.3) is 5.57 Å². The van der Waals surface area contributed by atoms with E-state index < -0.39 is 0 Å². The van der Waals surface area contributed by atoms with Crippen molar-refractivity contribution in [3.63, 3.8) is 0 Å². The minimum absolute atomic E-state index is 0.224. The van der Waals surface area contributed by atoms with E-state index in [1.807, 2.05) is 6.07 Å². The second-order valence-corrected chi connectivity index (χ2v) is 5.45. The van der Waals surface area contributed by atoms with E-state index in [1.54, 1.807) is 6.08 Å². The van der Waals surface area contributed by atoms with Crippen LogP contribution >= 0.6 is 0 Å². The molecule has 3 heteroatoms. The molecule has 3 rings (SSSR count). The average Bonchev–Trinajstić information content (AvgIpc) is 2.74. The number of piperidine rings is 1. The molecule has 1 aliphatic carbocycles. The van der Waals surface area contributed by atoms with Gasteiger partial charge in [-0.05, 0) is 49.1 Å². The third-order valence-electron chi connectivity index (χ3n) is 4.43. The summed E-state index contributed by atoms with van der Waals surface area (Å²) in [4.78, 5) is 11.5. The SMILES string of the molecule is COC(=O)/C=C1/CC2(CCNCC2)c2ccccc21. The van der Waals surface area contributed by atoms with Gasteiger partial charge in [-0.15, -0.1) is 0 Å². The fraction of sp³-hybridized carbons (Fsp3) is 0.438. The predicted octanol–water partition coefficient (Wildman–Crippen LogP) is 2.27. The number of nitrogens with one attached hydrogen (secondary N) is 1. The summed E-state index contributed by atoms with van der Waals surface area (Å²) in [5.41, 5.74) is 3.99. The number of carbonyl (C=O) groups is 1. The number of hydrogen-bond acceptors (Lipinski definition) is 3. The molecule has 1 N–H and O–H groups in total. The third-order valence-corrected chi connectivity index (χ3v) is 4.43. The number of carbonyl (C=O) groups excluding carboxylic acids is 1. The van der Waals surface area contributed by atoms with Gasteiger partial charge in [0.2, 0.25) is 0 Å². The Bertz CT molecular complexity index is 527. The van der Waals surface area contributed by atoms with Gasteiger partial charge in [-0.3, -0.25) is 0 Å². The summed E-state index contributed by atoms with van der Waals surface area (Å²) in [6, 6.07) is 8.49. The highest BCUT2D eigenvalue weighted by molar-refractivity contribution is 5.93. The maximum Gasteiger partial charge on any atom is 0.330 e. The van der Waals surface area contributed by atoms with Gasteiger partial charge in [0.1, 0.15) is 0 Å². The molecule has 0 unspecified atom stereocenters. The van der Waals surface area contributed by atoms with E-state index in [4.69, 9.17) is 4.74 Å². The smallest absolute Gasteiger partial charge is 0.330 e. The standard InChI is InChI=1S/C16H19NO2/c1-19-15(18)10-12-11-16(6-8-17-9-7-16)14-5-3-2-4-13(12)14/h2-5,10,17H,6-9,11H2,1H3/b12-10-. The van der Waals surface area contributed by atoms with Crippen LogP contribution in [0.4, 0.5) is 0 Å². The lowest BCUT2D eigenvalue weighted by molar-refractivity contribution is -0.134. The molecule has 0 amide bonds. The molecule has 1 aromatic carbocycles. The van der Waals surface area contributed by atoms with Gasteiger partial charge < -0.3 is 10.1 Å². The minimum atomic E-state index is -0.254. The molecule has 0 bridgehead atoms. The highest BCUT2D eigenvalue weighted by Crippen LogP contribution is 2.50. The van der Waals surface area contributed by atoms with Gasteiger partial charge in [-0.2, -0.15) is 0 Å². The van der Waals surface area contributed by atoms with E-state index >= 15 is 0 Å². The Morgan fingerprint density at radius 3 is 2.79 bits per heavy atom. The van der Waals surface area contributed by atoms with Crippen LogP contribution in [0.1, 0.15) is 30.4 Å². The summed E-state index contributed by atoms with van der Waals surface area (Å²) in [5, 5.41) is 3.42. The molecule has 3 nitrogen and oxygen atoms in total. The van der Waals surface area contributed by atoms with Crippen molar-refractivity contribution in [3.8, 4) is 0 Å². The Balaban J connectivity index is 2.04. The van der Waals surface area contributed by atoms with E-state index in [2.05, 4.69) is 23.5 Å². The fourth-order valence-electron chi connectivity index (χ4n) is 3.46.